The highest BCUT2D eigenvalue weighted by molar-refractivity contribution is 5.75. The average Bonchev–Trinajstić information content (AvgIpc) is 2.39. The molecule has 0 saturated carbocycles. The SMILES string of the molecule is CC(=O)CC/C=C(\C)CC/C=C(\C)Cc1ccccc1. The third-order valence-corrected chi connectivity index (χ3v) is 3.35. The summed E-state index contributed by atoms with van der Waals surface area (Å²) >= 11 is 0. The Balaban J connectivity index is 2.31. The lowest BCUT2D eigenvalue weighted by Crippen LogP contribution is -1.88. The third kappa shape index (κ3) is 7.73. The van der Waals surface area contributed by atoms with E-state index in [1.54, 1.807) is 6.92 Å². The molecule has 0 unspecified atom stereocenters. The summed E-state index contributed by atoms with van der Waals surface area (Å²) in [7, 11) is 0. The summed E-state index contributed by atoms with van der Waals surface area (Å²) in [4.78, 5) is 10.9. The van der Waals surface area contributed by atoms with Crippen LogP contribution in [0, 0.1) is 0 Å². The number of rotatable bonds is 8. The second kappa shape index (κ2) is 9.30. The quantitative estimate of drug-likeness (QED) is 0.588. The molecular formula is C19H26O. The number of ketones is 1. The van der Waals surface area contributed by atoms with Crippen LogP contribution >= 0.6 is 0 Å². The Bertz CT molecular complexity index is 466. The van der Waals surface area contributed by atoms with Gasteiger partial charge >= 0.3 is 0 Å². The summed E-state index contributed by atoms with van der Waals surface area (Å²) in [6, 6.07) is 10.6. The van der Waals surface area contributed by atoms with Gasteiger partial charge in [-0.1, -0.05) is 53.6 Å². The van der Waals surface area contributed by atoms with Crippen molar-refractivity contribution >= 4 is 5.78 Å². The molecule has 0 spiro atoms. The topological polar surface area (TPSA) is 17.1 Å². The molecule has 1 heteroatoms. The van der Waals surface area contributed by atoms with Crippen molar-refractivity contribution in [3.63, 3.8) is 0 Å². The molecule has 108 valence electrons. The number of hydrogen-bond acceptors (Lipinski definition) is 1. The fraction of sp³-hybridized carbons (Fsp3) is 0.421. The first-order chi connectivity index (χ1) is 9.58. The molecule has 1 nitrogen and oxygen atoms in total. The first-order valence-corrected chi connectivity index (χ1v) is 7.42. The fourth-order valence-electron chi connectivity index (χ4n) is 2.16. The maximum absolute atomic E-state index is 10.9. The molecule has 0 aromatic heterocycles. The molecule has 1 rings (SSSR count). The zero-order chi connectivity index (χ0) is 14.8. The lowest BCUT2D eigenvalue weighted by molar-refractivity contribution is -0.116. The molecule has 0 heterocycles. The molecular weight excluding hydrogens is 244 g/mol. The van der Waals surface area contributed by atoms with Crippen LogP contribution in [-0.4, -0.2) is 5.78 Å². The maximum atomic E-state index is 10.9. The number of benzene rings is 1. The van der Waals surface area contributed by atoms with Gasteiger partial charge in [0.1, 0.15) is 5.78 Å². The monoisotopic (exact) mass is 270 g/mol. The van der Waals surface area contributed by atoms with Gasteiger partial charge in [-0.3, -0.25) is 0 Å². The summed E-state index contributed by atoms with van der Waals surface area (Å²) in [5.41, 5.74) is 4.18. The highest BCUT2D eigenvalue weighted by Crippen LogP contribution is 2.12. The van der Waals surface area contributed by atoms with Gasteiger partial charge in [0.05, 0.1) is 0 Å². The highest BCUT2D eigenvalue weighted by Gasteiger charge is 1.95. The summed E-state index contributed by atoms with van der Waals surface area (Å²) in [5, 5.41) is 0. The van der Waals surface area contributed by atoms with Gasteiger partial charge in [0, 0.05) is 6.42 Å². The van der Waals surface area contributed by atoms with Crippen molar-refractivity contribution in [2.24, 2.45) is 0 Å². The van der Waals surface area contributed by atoms with Crippen LogP contribution in [0.2, 0.25) is 0 Å². The van der Waals surface area contributed by atoms with E-state index < -0.39 is 0 Å². The van der Waals surface area contributed by atoms with Crippen molar-refractivity contribution in [3.8, 4) is 0 Å². The van der Waals surface area contributed by atoms with Gasteiger partial charge in [0.2, 0.25) is 0 Å². The van der Waals surface area contributed by atoms with Crippen molar-refractivity contribution in [2.75, 3.05) is 0 Å². The zero-order valence-corrected chi connectivity index (χ0v) is 13.0. The standard InChI is InChI=1S/C19H26O/c1-16(10-8-12-18(3)20)9-7-11-17(2)15-19-13-5-4-6-14-19/h4-6,10-11,13-14H,7-9,12,15H2,1-3H3/b16-10+,17-11+. The molecule has 0 bridgehead atoms. The van der Waals surface area contributed by atoms with Gasteiger partial charge < -0.3 is 4.79 Å². The number of carbonyl (C=O) groups is 1. The molecule has 0 atom stereocenters. The Morgan fingerprint density at radius 3 is 2.15 bits per heavy atom. The summed E-state index contributed by atoms with van der Waals surface area (Å²) in [6.45, 7) is 6.00. The maximum Gasteiger partial charge on any atom is 0.130 e. The lowest BCUT2D eigenvalue weighted by atomic mass is 10.0. The first kappa shape index (κ1) is 16.4. The van der Waals surface area contributed by atoms with Gasteiger partial charge in [-0.25, -0.2) is 0 Å². The van der Waals surface area contributed by atoms with Gasteiger partial charge in [0.15, 0.2) is 0 Å². The zero-order valence-electron chi connectivity index (χ0n) is 13.0. The van der Waals surface area contributed by atoms with E-state index in [1.165, 1.54) is 16.7 Å². The Hall–Kier alpha value is -1.63. The first-order valence-electron chi connectivity index (χ1n) is 7.42. The van der Waals surface area contributed by atoms with Gasteiger partial charge in [-0.15, -0.1) is 0 Å². The second-order valence-corrected chi connectivity index (χ2v) is 5.54. The Morgan fingerprint density at radius 2 is 1.50 bits per heavy atom. The van der Waals surface area contributed by atoms with E-state index in [0.717, 1.165) is 25.7 Å². The van der Waals surface area contributed by atoms with Gasteiger partial charge in [0.25, 0.3) is 0 Å². The van der Waals surface area contributed by atoms with E-state index in [9.17, 15) is 4.79 Å². The smallest absolute Gasteiger partial charge is 0.130 e. The Labute approximate surface area is 123 Å². The van der Waals surface area contributed by atoms with Crippen LogP contribution in [0.4, 0.5) is 0 Å². The molecule has 0 aliphatic carbocycles. The van der Waals surface area contributed by atoms with Crippen LogP contribution in [-0.2, 0) is 11.2 Å². The number of allylic oxidation sites excluding steroid dienone is 4. The molecule has 0 fully saturated rings. The molecule has 0 amide bonds. The van der Waals surface area contributed by atoms with E-state index >= 15 is 0 Å². The predicted molar refractivity (Wildman–Crippen MR) is 86.8 cm³/mol. The van der Waals surface area contributed by atoms with Crippen LogP contribution in [0.5, 0.6) is 0 Å². The van der Waals surface area contributed by atoms with Crippen molar-refractivity contribution in [2.45, 2.75) is 52.9 Å². The lowest BCUT2D eigenvalue weighted by Gasteiger charge is -2.03. The minimum absolute atomic E-state index is 0.271. The number of carbonyl (C=O) groups excluding carboxylic acids is 1. The molecule has 1 aromatic carbocycles. The molecule has 0 aliphatic heterocycles. The van der Waals surface area contributed by atoms with E-state index in [-0.39, 0.29) is 5.78 Å². The average molecular weight is 270 g/mol. The molecule has 1 aromatic rings. The number of Topliss-reactive ketones (excluding diaryl/α,β-unsaturated/α-hetero) is 1. The highest BCUT2D eigenvalue weighted by atomic mass is 16.1. The van der Waals surface area contributed by atoms with Crippen molar-refractivity contribution < 1.29 is 4.79 Å². The summed E-state index contributed by atoms with van der Waals surface area (Å²) in [5.74, 6) is 0.271. The molecule has 0 saturated heterocycles. The Morgan fingerprint density at radius 1 is 0.900 bits per heavy atom. The molecule has 20 heavy (non-hydrogen) atoms. The third-order valence-electron chi connectivity index (χ3n) is 3.35. The van der Waals surface area contributed by atoms with Crippen molar-refractivity contribution in [1.82, 2.24) is 0 Å². The fourth-order valence-corrected chi connectivity index (χ4v) is 2.16. The minimum atomic E-state index is 0.271. The van der Waals surface area contributed by atoms with E-state index in [2.05, 4.69) is 56.3 Å². The van der Waals surface area contributed by atoms with Crippen LogP contribution in [0.3, 0.4) is 0 Å². The van der Waals surface area contributed by atoms with Gasteiger partial charge in [-0.2, -0.15) is 0 Å². The van der Waals surface area contributed by atoms with Crippen molar-refractivity contribution in [3.05, 3.63) is 59.2 Å². The van der Waals surface area contributed by atoms with Crippen LogP contribution in [0.1, 0.15) is 52.0 Å². The number of hydrogen-bond donors (Lipinski definition) is 0. The van der Waals surface area contributed by atoms with E-state index in [1.807, 2.05) is 0 Å². The largest absolute Gasteiger partial charge is 0.300 e. The molecule has 0 aliphatic rings. The molecule has 0 N–H and O–H groups in total. The molecule has 0 radical (unpaired) electrons. The van der Waals surface area contributed by atoms with Gasteiger partial charge in [-0.05, 0) is 52.0 Å². The van der Waals surface area contributed by atoms with Crippen LogP contribution in [0.15, 0.2) is 53.6 Å². The van der Waals surface area contributed by atoms with Crippen molar-refractivity contribution in [1.29, 1.82) is 0 Å². The van der Waals surface area contributed by atoms with Crippen LogP contribution < -0.4 is 0 Å². The Kier molecular flexibility index (Phi) is 7.64. The predicted octanol–water partition coefficient (Wildman–Crippen LogP) is 5.27. The normalized spacial score (nSPS) is 12.6. The minimum Gasteiger partial charge on any atom is -0.300 e. The van der Waals surface area contributed by atoms with E-state index in [4.69, 9.17) is 0 Å². The summed E-state index contributed by atoms with van der Waals surface area (Å²) in [6.07, 6.45) is 9.28. The van der Waals surface area contributed by atoms with E-state index in [0.29, 0.717) is 6.42 Å². The van der Waals surface area contributed by atoms with Crippen LogP contribution in [0.25, 0.3) is 0 Å². The summed E-state index contributed by atoms with van der Waals surface area (Å²) < 4.78 is 0. The second-order valence-electron chi connectivity index (χ2n) is 5.54.